The Morgan fingerprint density at radius 3 is 2.87 bits per heavy atom. The lowest BCUT2D eigenvalue weighted by molar-refractivity contribution is 0.0600. The zero-order valence-corrected chi connectivity index (χ0v) is 8.61. The van der Waals surface area contributed by atoms with Gasteiger partial charge in [0, 0.05) is 19.2 Å². The molecule has 0 unspecified atom stereocenters. The lowest BCUT2D eigenvalue weighted by Crippen LogP contribution is -2.17. The Morgan fingerprint density at radius 1 is 1.47 bits per heavy atom. The monoisotopic (exact) mass is 205 g/mol. The summed E-state index contributed by atoms with van der Waals surface area (Å²) in [6, 6.07) is 5.06. The van der Waals surface area contributed by atoms with E-state index in [1.54, 1.807) is 30.1 Å². The van der Waals surface area contributed by atoms with Crippen LogP contribution in [-0.4, -0.2) is 30.9 Å². The van der Waals surface area contributed by atoms with Crippen molar-refractivity contribution in [3.05, 3.63) is 34.9 Å². The summed E-state index contributed by atoms with van der Waals surface area (Å²) < 4.78 is 4.59. The Morgan fingerprint density at radius 2 is 2.20 bits per heavy atom. The summed E-state index contributed by atoms with van der Waals surface area (Å²) in [6.45, 7) is 0.607. The van der Waals surface area contributed by atoms with Crippen LogP contribution < -0.4 is 0 Å². The van der Waals surface area contributed by atoms with Gasteiger partial charge >= 0.3 is 5.97 Å². The van der Waals surface area contributed by atoms with Crippen LogP contribution in [0.5, 0.6) is 0 Å². The van der Waals surface area contributed by atoms with Crippen molar-refractivity contribution >= 4 is 11.9 Å². The number of carbonyl (C=O) groups excluding carboxylic acids is 2. The van der Waals surface area contributed by atoms with Crippen LogP contribution in [0.15, 0.2) is 18.2 Å². The van der Waals surface area contributed by atoms with Crippen LogP contribution in [0, 0.1) is 0 Å². The van der Waals surface area contributed by atoms with Crippen LogP contribution in [0.25, 0.3) is 0 Å². The smallest absolute Gasteiger partial charge is 0.337 e. The summed E-state index contributed by atoms with van der Waals surface area (Å²) in [4.78, 5) is 24.5. The molecule has 0 fully saturated rings. The number of hydrogen-bond donors (Lipinski definition) is 0. The van der Waals surface area contributed by atoms with Gasteiger partial charge in [-0.2, -0.15) is 0 Å². The minimum absolute atomic E-state index is 0.0456. The summed E-state index contributed by atoms with van der Waals surface area (Å²) in [5.74, 6) is -0.462. The second-order valence-electron chi connectivity index (χ2n) is 3.52. The maximum Gasteiger partial charge on any atom is 0.337 e. The summed E-state index contributed by atoms with van der Waals surface area (Å²) in [6.07, 6.45) is 0. The van der Waals surface area contributed by atoms with Crippen LogP contribution in [0.3, 0.4) is 0 Å². The van der Waals surface area contributed by atoms with Crippen molar-refractivity contribution in [2.24, 2.45) is 0 Å². The molecule has 1 aromatic rings. The van der Waals surface area contributed by atoms with E-state index in [-0.39, 0.29) is 5.91 Å². The molecular formula is C11H11NO3. The summed E-state index contributed by atoms with van der Waals surface area (Å²) in [7, 11) is 3.06. The number of fused-ring (bicyclic) bond motifs is 1. The van der Waals surface area contributed by atoms with Gasteiger partial charge in [-0.1, -0.05) is 6.07 Å². The molecular weight excluding hydrogens is 194 g/mol. The molecule has 1 amide bonds. The maximum atomic E-state index is 11.6. The van der Waals surface area contributed by atoms with Gasteiger partial charge in [0.2, 0.25) is 0 Å². The number of carbonyl (C=O) groups is 2. The second kappa shape index (κ2) is 3.38. The Kier molecular flexibility index (Phi) is 2.19. The molecule has 0 aliphatic carbocycles. The molecule has 1 aromatic carbocycles. The number of ether oxygens (including phenoxy) is 1. The van der Waals surface area contributed by atoms with Crippen molar-refractivity contribution in [2.75, 3.05) is 14.2 Å². The molecule has 78 valence electrons. The Bertz CT molecular complexity index is 439. The van der Waals surface area contributed by atoms with Crippen molar-refractivity contribution in [3.63, 3.8) is 0 Å². The second-order valence-corrected chi connectivity index (χ2v) is 3.52. The minimum atomic E-state index is -0.417. The van der Waals surface area contributed by atoms with E-state index in [0.29, 0.717) is 17.7 Å². The van der Waals surface area contributed by atoms with E-state index in [0.717, 1.165) is 5.56 Å². The van der Waals surface area contributed by atoms with Crippen LogP contribution in [0.4, 0.5) is 0 Å². The van der Waals surface area contributed by atoms with Gasteiger partial charge in [0.15, 0.2) is 0 Å². The van der Waals surface area contributed by atoms with Gasteiger partial charge in [0.1, 0.15) is 0 Å². The molecule has 2 rings (SSSR count). The van der Waals surface area contributed by atoms with Crippen molar-refractivity contribution in [3.8, 4) is 0 Å². The molecule has 1 heterocycles. The quantitative estimate of drug-likeness (QED) is 0.644. The van der Waals surface area contributed by atoms with E-state index in [2.05, 4.69) is 4.74 Å². The highest BCUT2D eigenvalue weighted by molar-refractivity contribution is 6.01. The van der Waals surface area contributed by atoms with E-state index in [1.807, 2.05) is 0 Å². The Labute approximate surface area is 87.4 Å². The molecule has 0 saturated heterocycles. The first-order valence-electron chi connectivity index (χ1n) is 4.60. The van der Waals surface area contributed by atoms with Gasteiger partial charge in [-0.05, 0) is 17.7 Å². The predicted octanol–water partition coefficient (Wildman–Crippen LogP) is 1.06. The average molecular weight is 205 g/mol. The van der Waals surface area contributed by atoms with Crippen LogP contribution >= 0.6 is 0 Å². The Balaban J connectivity index is 2.44. The van der Waals surface area contributed by atoms with Crippen molar-refractivity contribution in [1.29, 1.82) is 0 Å². The molecule has 1 aliphatic heterocycles. The summed E-state index contributed by atoms with van der Waals surface area (Å²) in [5.41, 5.74) is 1.97. The molecule has 0 N–H and O–H groups in total. The van der Waals surface area contributed by atoms with Crippen LogP contribution in [0.1, 0.15) is 26.3 Å². The molecule has 0 atom stereocenters. The van der Waals surface area contributed by atoms with Gasteiger partial charge in [0.05, 0.1) is 12.7 Å². The maximum absolute atomic E-state index is 11.6. The summed E-state index contributed by atoms with van der Waals surface area (Å²) in [5, 5.41) is 0. The molecule has 4 nitrogen and oxygen atoms in total. The molecule has 15 heavy (non-hydrogen) atoms. The predicted molar refractivity (Wildman–Crippen MR) is 53.6 cm³/mol. The van der Waals surface area contributed by atoms with Gasteiger partial charge in [-0.15, -0.1) is 0 Å². The minimum Gasteiger partial charge on any atom is -0.465 e. The highest BCUT2D eigenvalue weighted by Gasteiger charge is 2.25. The van der Waals surface area contributed by atoms with Gasteiger partial charge in [-0.3, -0.25) is 4.79 Å². The van der Waals surface area contributed by atoms with E-state index in [4.69, 9.17) is 0 Å². The number of amides is 1. The molecule has 4 heteroatoms. The molecule has 1 aliphatic rings. The van der Waals surface area contributed by atoms with E-state index in [1.165, 1.54) is 7.11 Å². The zero-order chi connectivity index (χ0) is 11.0. The van der Waals surface area contributed by atoms with E-state index >= 15 is 0 Å². The standard InChI is InChI=1S/C11H11NO3/c1-12-6-8-4-3-7(11(14)15-2)5-9(8)10(12)13/h3-5H,6H2,1-2H3. The third-order valence-electron chi connectivity index (χ3n) is 2.52. The van der Waals surface area contributed by atoms with Gasteiger partial charge in [-0.25, -0.2) is 4.79 Å². The SMILES string of the molecule is COC(=O)c1ccc2c(c1)C(=O)N(C)C2. The fraction of sp³-hybridized carbons (Fsp3) is 0.273. The molecule has 0 radical (unpaired) electrons. The van der Waals surface area contributed by atoms with Crippen LogP contribution in [-0.2, 0) is 11.3 Å². The van der Waals surface area contributed by atoms with Crippen molar-refractivity contribution in [2.45, 2.75) is 6.54 Å². The normalized spacial score (nSPS) is 14.0. The molecule has 0 saturated carbocycles. The zero-order valence-electron chi connectivity index (χ0n) is 8.61. The third kappa shape index (κ3) is 1.48. The first-order chi connectivity index (χ1) is 7.13. The van der Waals surface area contributed by atoms with Crippen molar-refractivity contribution in [1.82, 2.24) is 4.90 Å². The highest BCUT2D eigenvalue weighted by Crippen LogP contribution is 2.22. The summed E-state index contributed by atoms with van der Waals surface area (Å²) >= 11 is 0. The number of benzene rings is 1. The highest BCUT2D eigenvalue weighted by atomic mass is 16.5. The lowest BCUT2D eigenvalue weighted by Gasteiger charge is -2.04. The third-order valence-corrected chi connectivity index (χ3v) is 2.52. The fourth-order valence-electron chi connectivity index (χ4n) is 1.69. The number of esters is 1. The van der Waals surface area contributed by atoms with Gasteiger partial charge in [0.25, 0.3) is 5.91 Å². The lowest BCUT2D eigenvalue weighted by atomic mass is 10.1. The number of hydrogen-bond acceptors (Lipinski definition) is 3. The number of nitrogens with zero attached hydrogens (tertiary/aromatic N) is 1. The topological polar surface area (TPSA) is 46.6 Å². The largest absolute Gasteiger partial charge is 0.465 e. The molecule has 0 bridgehead atoms. The Hall–Kier alpha value is -1.84. The fourth-order valence-corrected chi connectivity index (χ4v) is 1.69. The number of rotatable bonds is 1. The van der Waals surface area contributed by atoms with Gasteiger partial charge < -0.3 is 9.64 Å². The average Bonchev–Trinajstić information content (AvgIpc) is 2.54. The van der Waals surface area contributed by atoms with Crippen molar-refractivity contribution < 1.29 is 14.3 Å². The number of methoxy groups -OCH3 is 1. The van der Waals surface area contributed by atoms with Crippen LogP contribution in [0.2, 0.25) is 0 Å². The first-order valence-corrected chi connectivity index (χ1v) is 4.60. The van der Waals surface area contributed by atoms with E-state index < -0.39 is 5.97 Å². The first kappa shape index (κ1) is 9.71. The molecule has 0 aromatic heterocycles. The van der Waals surface area contributed by atoms with E-state index in [9.17, 15) is 9.59 Å². The molecule has 0 spiro atoms.